The van der Waals surface area contributed by atoms with Crippen LogP contribution < -0.4 is 14.8 Å². The van der Waals surface area contributed by atoms with Crippen LogP contribution in [0.5, 0.6) is 11.5 Å². The maximum absolute atomic E-state index is 5.45. The third-order valence-electron chi connectivity index (χ3n) is 3.61. The largest absolute Gasteiger partial charge is 0.496 e. The molecule has 4 nitrogen and oxygen atoms in total. The molecule has 0 aliphatic carbocycles. The molecule has 0 atom stereocenters. The van der Waals surface area contributed by atoms with Crippen molar-refractivity contribution < 1.29 is 9.47 Å². The van der Waals surface area contributed by atoms with E-state index in [2.05, 4.69) is 11.4 Å². The van der Waals surface area contributed by atoms with Gasteiger partial charge in [0.2, 0.25) is 0 Å². The lowest BCUT2D eigenvalue weighted by atomic mass is 10.0. The summed E-state index contributed by atoms with van der Waals surface area (Å²) in [6.07, 6.45) is 0.959. The van der Waals surface area contributed by atoms with Gasteiger partial charge in [-0.1, -0.05) is 12.1 Å². The molecule has 0 fully saturated rings. The topological polar surface area (TPSA) is 43.4 Å². The second-order valence-corrected chi connectivity index (χ2v) is 4.77. The van der Waals surface area contributed by atoms with Crippen molar-refractivity contribution in [3.05, 3.63) is 41.6 Å². The zero-order valence-corrected chi connectivity index (χ0v) is 11.8. The molecule has 104 valence electrons. The molecular weight excluding hydrogens is 252 g/mol. The summed E-state index contributed by atoms with van der Waals surface area (Å²) < 4.78 is 10.9. The van der Waals surface area contributed by atoms with Crippen molar-refractivity contribution in [3.63, 3.8) is 0 Å². The van der Waals surface area contributed by atoms with E-state index in [0.29, 0.717) is 0 Å². The molecule has 1 aliphatic rings. The summed E-state index contributed by atoms with van der Waals surface area (Å²) in [5.74, 6) is 1.57. The van der Waals surface area contributed by atoms with Crippen molar-refractivity contribution >= 4 is 0 Å². The Kier molecular flexibility index (Phi) is 3.56. The summed E-state index contributed by atoms with van der Waals surface area (Å²) in [5, 5.41) is 3.36. The summed E-state index contributed by atoms with van der Waals surface area (Å²) in [4.78, 5) is 4.80. The third-order valence-corrected chi connectivity index (χ3v) is 3.61. The number of benzene rings is 1. The van der Waals surface area contributed by atoms with Gasteiger partial charge in [0, 0.05) is 25.2 Å². The number of fused-ring (bicyclic) bond motifs is 1. The number of methoxy groups -OCH3 is 2. The number of nitrogens with one attached hydrogen (secondary N) is 1. The Morgan fingerprint density at radius 2 is 1.80 bits per heavy atom. The molecule has 0 radical (unpaired) electrons. The van der Waals surface area contributed by atoms with Crippen LogP contribution in [0.1, 0.15) is 11.3 Å². The highest BCUT2D eigenvalue weighted by atomic mass is 16.5. The van der Waals surface area contributed by atoms with Crippen molar-refractivity contribution in [2.75, 3.05) is 20.8 Å². The Balaban J connectivity index is 2.13. The number of pyridine rings is 1. The molecule has 2 aromatic rings. The summed E-state index contributed by atoms with van der Waals surface area (Å²) in [7, 11) is 3.33. The zero-order valence-electron chi connectivity index (χ0n) is 11.8. The summed E-state index contributed by atoms with van der Waals surface area (Å²) in [6, 6.07) is 9.95. The average Bonchev–Trinajstić information content (AvgIpc) is 2.53. The van der Waals surface area contributed by atoms with E-state index in [1.807, 2.05) is 24.3 Å². The molecule has 4 heteroatoms. The number of ether oxygens (including phenoxy) is 2. The van der Waals surface area contributed by atoms with Crippen molar-refractivity contribution in [2.24, 2.45) is 0 Å². The van der Waals surface area contributed by atoms with Crippen molar-refractivity contribution in [3.8, 4) is 22.8 Å². The Morgan fingerprint density at radius 1 is 1.05 bits per heavy atom. The highest BCUT2D eigenvalue weighted by Gasteiger charge is 2.16. The minimum absolute atomic E-state index is 0.783. The van der Waals surface area contributed by atoms with Crippen LogP contribution in [0.25, 0.3) is 11.3 Å². The van der Waals surface area contributed by atoms with Crippen LogP contribution in [-0.2, 0) is 13.0 Å². The van der Waals surface area contributed by atoms with E-state index in [9.17, 15) is 0 Å². The Bertz CT molecular complexity index is 604. The van der Waals surface area contributed by atoms with Crippen LogP contribution in [0, 0.1) is 0 Å². The van der Waals surface area contributed by atoms with Gasteiger partial charge in [0.25, 0.3) is 0 Å². The van der Waals surface area contributed by atoms with Gasteiger partial charge in [0.05, 0.1) is 25.5 Å². The fraction of sp³-hybridized carbons (Fsp3) is 0.312. The van der Waals surface area contributed by atoms with Gasteiger partial charge < -0.3 is 14.8 Å². The molecule has 1 N–H and O–H groups in total. The maximum atomic E-state index is 5.45. The molecule has 20 heavy (non-hydrogen) atoms. The van der Waals surface area contributed by atoms with Crippen molar-refractivity contribution in [1.29, 1.82) is 0 Å². The molecule has 3 rings (SSSR count). The van der Waals surface area contributed by atoms with E-state index in [4.69, 9.17) is 14.5 Å². The standard InChI is InChI=1S/C16H18N2O2/c1-19-14-4-3-5-15(20-2)16(14)13-7-6-11-10-17-9-8-12(11)18-13/h3-7,17H,8-10H2,1-2H3. The first-order valence-corrected chi connectivity index (χ1v) is 6.74. The summed E-state index contributed by atoms with van der Waals surface area (Å²) in [6.45, 7) is 1.87. The first kappa shape index (κ1) is 12.9. The maximum Gasteiger partial charge on any atom is 0.132 e. The minimum atomic E-state index is 0.783. The Hall–Kier alpha value is -2.07. The predicted molar refractivity (Wildman–Crippen MR) is 78.2 cm³/mol. The number of hydrogen-bond donors (Lipinski definition) is 1. The van der Waals surface area contributed by atoms with Crippen molar-refractivity contribution in [1.82, 2.24) is 10.3 Å². The van der Waals surface area contributed by atoms with Crippen LogP contribution in [0.4, 0.5) is 0 Å². The number of hydrogen-bond acceptors (Lipinski definition) is 4. The van der Waals surface area contributed by atoms with Gasteiger partial charge in [0.15, 0.2) is 0 Å². The van der Waals surface area contributed by atoms with Gasteiger partial charge in [-0.25, -0.2) is 0 Å². The fourth-order valence-electron chi connectivity index (χ4n) is 2.58. The summed E-state index contributed by atoms with van der Waals surface area (Å²) in [5.41, 5.74) is 4.25. The molecule has 0 saturated heterocycles. The number of aromatic nitrogens is 1. The normalized spacial score (nSPS) is 13.7. The lowest BCUT2D eigenvalue weighted by Crippen LogP contribution is -2.24. The highest BCUT2D eigenvalue weighted by Crippen LogP contribution is 2.37. The first-order valence-electron chi connectivity index (χ1n) is 6.74. The van der Waals surface area contributed by atoms with Crippen LogP contribution in [-0.4, -0.2) is 25.7 Å². The van der Waals surface area contributed by atoms with Gasteiger partial charge in [-0.05, 0) is 23.8 Å². The van der Waals surface area contributed by atoms with Crippen LogP contribution in [0.3, 0.4) is 0 Å². The molecule has 0 saturated carbocycles. The lowest BCUT2D eigenvalue weighted by molar-refractivity contribution is 0.397. The fourth-order valence-corrected chi connectivity index (χ4v) is 2.58. The molecule has 1 aliphatic heterocycles. The monoisotopic (exact) mass is 270 g/mol. The predicted octanol–water partition coefficient (Wildman–Crippen LogP) is 2.41. The quantitative estimate of drug-likeness (QED) is 0.930. The number of nitrogens with zero attached hydrogens (tertiary/aromatic N) is 1. The van der Waals surface area contributed by atoms with Crippen LogP contribution in [0.15, 0.2) is 30.3 Å². The molecule has 1 aromatic heterocycles. The van der Waals surface area contributed by atoms with Gasteiger partial charge in [0.1, 0.15) is 11.5 Å². The van der Waals surface area contributed by atoms with E-state index in [-0.39, 0.29) is 0 Å². The van der Waals surface area contributed by atoms with Gasteiger partial charge in [-0.3, -0.25) is 4.98 Å². The smallest absolute Gasteiger partial charge is 0.132 e. The third kappa shape index (κ3) is 2.23. The highest BCUT2D eigenvalue weighted by molar-refractivity contribution is 5.74. The van der Waals surface area contributed by atoms with Crippen LogP contribution >= 0.6 is 0 Å². The summed E-state index contributed by atoms with van der Waals surface area (Å²) >= 11 is 0. The zero-order chi connectivity index (χ0) is 13.9. The van der Waals surface area contributed by atoms with E-state index in [1.54, 1.807) is 14.2 Å². The molecule has 0 spiro atoms. The molecule has 2 heterocycles. The molecule has 0 amide bonds. The molecule has 1 aromatic carbocycles. The SMILES string of the molecule is COc1cccc(OC)c1-c1ccc2c(n1)CCNC2. The van der Waals surface area contributed by atoms with E-state index >= 15 is 0 Å². The first-order chi connectivity index (χ1) is 9.83. The van der Waals surface area contributed by atoms with Crippen molar-refractivity contribution in [2.45, 2.75) is 13.0 Å². The Morgan fingerprint density at radius 3 is 2.50 bits per heavy atom. The average molecular weight is 270 g/mol. The van der Waals surface area contributed by atoms with E-state index in [1.165, 1.54) is 5.56 Å². The van der Waals surface area contributed by atoms with Gasteiger partial charge in [-0.15, -0.1) is 0 Å². The van der Waals surface area contributed by atoms with Gasteiger partial charge in [-0.2, -0.15) is 0 Å². The minimum Gasteiger partial charge on any atom is -0.496 e. The molecular formula is C16H18N2O2. The van der Waals surface area contributed by atoms with Gasteiger partial charge >= 0.3 is 0 Å². The lowest BCUT2D eigenvalue weighted by Gasteiger charge is -2.18. The van der Waals surface area contributed by atoms with E-state index in [0.717, 1.165) is 48.0 Å². The molecule has 0 unspecified atom stereocenters. The number of rotatable bonds is 3. The Labute approximate surface area is 118 Å². The molecule has 0 bridgehead atoms. The second-order valence-electron chi connectivity index (χ2n) is 4.77. The van der Waals surface area contributed by atoms with Crippen LogP contribution in [0.2, 0.25) is 0 Å². The van der Waals surface area contributed by atoms with E-state index < -0.39 is 0 Å². The second kappa shape index (κ2) is 5.51.